The van der Waals surface area contributed by atoms with E-state index in [2.05, 4.69) is 0 Å². The van der Waals surface area contributed by atoms with Gasteiger partial charge in [0.2, 0.25) is 0 Å². The zero-order valence-electron chi connectivity index (χ0n) is 21.3. The first-order valence-corrected chi connectivity index (χ1v) is 11.4. The van der Waals surface area contributed by atoms with Crippen LogP contribution in [0.3, 0.4) is 0 Å². The molecule has 14 heteroatoms. The Bertz CT molecular complexity index is 1980. The normalized spacial score (nSPS) is 10.3. The molecule has 8 nitrogen and oxygen atoms in total. The average Bonchev–Trinajstić information content (AvgIpc) is 3.00. The SMILES string of the molecule is N#CC(C#N)=c1c(-c2cc(C#N)cc(C#N)c2)c(C(F)(F)F)c(=C(C#N)C#N)c(-c2cc(C#N)cc(C#N)c2)c1C(F)(F)F. The highest BCUT2D eigenvalue weighted by atomic mass is 19.4. The molecule has 0 amide bonds. The third-order valence-corrected chi connectivity index (χ3v) is 5.97. The van der Waals surface area contributed by atoms with Crippen LogP contribution in [0, 0.1) is 90.6 Å². The van der Waals surface area contributed by atoms with Gasteiger partial charge in [0.15, 0.2) is 0 Å². The van der Waals surface area contributed by atoms with Crippen molar-refractivity contribution in [2.24, 2.45) is 0 Å². The van der Waals surface area contributed by atoms with Gasteiger partial charge in [-0.1, -0.05) is 0 Å². The Labute approximate surface area is 243 Å². The molecule has 3 aromatic carbocycles. The van der Waals surface area contributed by atoms with E-state index in [0.29, 0.717) is 24.3 Å². The van der Waals surface area contributed by atoms with Gasteiger partial charge in [-0.05, 0) is 47.5 Å². The van der Waals surface area contributed by atoms with Gasteiger partial charge in [-0.3, -0.25) is 0 Å². The minimum Gasteiger partial charge on any atom is -0.192 e. The first-order chi connectivity index (χ1) is 20.7. The number of alkyl halides is 6. The van der Waals surface area contributed by atoms with Gasteiger partial charge in [-0.15, -0.1) is 0 Å². The third-order valence-electron chi connectivity index (χ3n) is 5.97. The van der Waals surface area contributed by atoms with Crippen LogP contribution in [0.1, 0.15) is 33.4 Å². The van der Waals surface area contributed by atoms with Crippen LogP contribution in [-0.4, -0.2) is 0 Å². The number of nitrogens with zero attached hydrogens (tertiary/aromatic N) is 8. The second kappa shape index (κ2) is 11.8. The van der Waals surface area contributed by atoms with Gasteiger partial charge in [0.25, 0.3) is 0 Å². The number of hydrogen-bond acceptors (Lipinski definition) is 8. The zero-order valence-corrected chi connectivity index (χ0v) is 21.3. The third kappa shape index (κ3) is 5.56. The van der Waals surface area contributed by atoms with E-state index >= 15 is 26.3 Å². The highest BCUT2D eigenvalue weighted by molar-refractivity contribution is 5.90. The topological polar surface area (TPSA) is 190 Å². The Balaban J connectivity index is 3.16. The maximum absolute atomic E-state index is 15.1. The van der Waals surface area contributed by atoms with Gasteiger partial charge < -0.3 is 0 Å². The summed E-state index contributed by atoms with van der Waals surface area (Å²) in [6.07, 6.45) is -11.5. The van der Waals surface area contributed by atoms with Crippen LogP contribution in [0.25, 0.3) is 33.4 Å². The van der Waals surface area contributed by atoms with E-state index in [4.69, 9.17) is 0 Å². The number of benzene rings is 3. The molecular formula is C30H6F6N8. The molecule has 208 valence electrons. The Morgan fingerprint density at radius 2 is 0.682 bits per heavy atom. The van der Waals surface area contributed by atoms with Crippen molar-refractivity contribution in [3.8, 4) is 70.8 Å². The van der Waals surface area contributed by atoms with Crippen LogP contribution in [0.4, 0.5) is 26.3 Å². The summed E-state index contributed by atoms with van der Waals surface area (Å²) in [5, 5.41) is 73.1. The largest absolute Gasteiger partial charge is 0.417 e. The molecule has 0 N–H and O–H groups in total. The first kappa shape index (κ1) is 31.4. The second-order valence-electron chi connectivity index (χ2n) is 8.49. The molecule has 0 aromatic heterocycles. The average molecular weight is 592 g/mol. The van der Waals surface area contributed by atoms with Gasteiger partial charge in [0.05, 0.1) is 57.7 Å². The van der Waals surface area contributed by atoms with Gasteiger partial charge in [-0.2, -0.15) is 68.4 Å². The highest BCUT2D eigenvalue weighted by Crippen LogP contribution is 2.41. The predicted molar refractivity (Wildman–Crippen MR) is 135 cm³/mol. The summed E-state index contributed by atoms with van der Waals surface area (Å²) in [5.74, 6) is 0. The van der Waals surface area contributed by atoms with Crippen LogP contribution in [-0.2, 0) is 12.4 Å². The van der Waals surface area contributed by atoms with E-state index in [-0.39, 0.29) is 0 Å². The van der Waals surface area contributed by atoms with E-state index in [1.807, 2.05) is 0 Å². The van der Waals surface area contributed by atoms with Crippen LogP contribution >= 0.6 is 0 Å². The molecule has 3 aromatic rings. The maximum atomic E-state index is 15.1. The second-order valence-corrected chi connectivity index (χ2v) is 8.49. The molecule has 0 bridgehead atoms. The molecule has 0 heterocycles. The van der Waals surface area contributed by atoms with Crippen molar-refractivity contribution < 1.29 is 26.3 Å². The van der Waals surface area contributed by atoms with E-state index in [1.165, 1.54) is 0 Å². The minimum absolute atomic E-state index is 0.488. The quantitative estimate of drug-likeness (QED) is 0.374. The van der Waals surface area contributed by atoms with E-state index in [9.17, 15) is 42.1 Å². The molecule has 44 heavy (non-hydrogen) atoms. The highest BCUT2D eigenvalue weighted by Gasteiger charge is 2.45. The van der Waals surface area contributed by atoms with Gasteiger partial charge in [-0.25, -0.2) is 0 Å². The fourth-order valence-corrected chi connectivity index (χ4v) is 4.47. The number of hydrogen-bond donors (Lipinski definition) is 0. The minimum atomic E-state index is -5.73. The maximum Gasteiger partial charge on any atom is 0.417 e. The molecule has 0 aliphatic carbocycles. The van der Waals surface area contributed by atoms with Crippen molar-refractivity contribution >= 4 is 11.1 Å². The fourth-order valence-electron chi connectivity index (χ4n) is 4.47. The molecule has 0 aliphatic heterocycles. The lowest BCUT2D eigenvalue weighted by Crippen LogP contribution is -2.36. The Kier molecular flexibility index (Phi) is 8.42. The summed E-state index contributed by atoms with van der Waals surface area (Å²) in [6, 6.07) is 15.3. The van der Waals surface area contributed by atoms with E-state index < -0.39 is 89.6 Å². The van der Waals surface area contributed by atoms with Gasteiger partial charge in [0, 0.05) is 21.6 Å². The molecule has 3 rings (SSSR count). The number of halogens is 6. The van der Waals surface area contributed by atoms with Crippen LogP contribution in [0.15, 0.2) is 36.4 Å². The van der Waals surface area contributed by atoms with E-state index in [1.54, 1.807) is 24.3 Å². The fraction of sp³-hybridized carbons (Fsp3) is 0.0667. The molecule has 0 spiro atoms. The molecule has 0 radical (unpaired) electrons. The molecule has 0 unspecified atom stereocenters. The lowest BCUT2D eigenvalue weighted by atomic mass is 9.82. The van der Waals surface area contributed by atoms with Crippen LogP contribution in [0.5, 0.6) is 0 Å². The Morgan fingerprint density at radius 1 is 0.432 bits per heavy atom. The molecule has 0 fully saturated rings. The van der Waals surface area contributed by atoms with Crippen molar-refractivity contribution in [2.45, 2.75) is 12.4 Å². The summed E-state index contributed by atoms with van der Waals surface area (Å²) in [7, 11) is 0. The smallest absolute Gasteiger partial charge is 0.192 e. The van der Waals surface area contributed by atoms with Crippen molar-refractivity contribution in [3.63, 3.8) is 0 Å². The predicted octanol–water partition coefficient (Wildman–Crippen LogP) is 4.94. The van der Waals surface area contributed by atoms with Crippen molar-refractivity contribution in [1.82, 2.24) is 0 Å². The molecule has 0 aliphatic rings. The lowest BCUT2D eigenvalue weighted by molar-refractivity contribution is -0.141. The Morgan fingerprint density at radius 3 is 0.864 bits per heavy atom. The van der Waals surface area contributed by atoms with Gasteiger partial charge >= 0.3 is 12.4 Å². The van der Waals surface area contributed by atoms with Crippen LogP contribution < -0.4 is 10.4 Å². The summed E-state index contributed by atoms with van der Waals surface area (Å²) < 4.78 is 90.8. The van der Waals surface area contributed by atoms with E-state index in [0.717, 1.165) is 36.4 Å². The summed E-state index contributed by atoms with van der Waals surface area (Å²) in [5.41, 5.74) is -13.9. The lowest BCUT2D eigenvalue weighted by Gasteiger charge is -2.24. The monoisotopic (exact) mass is 592 g/mol. The zero-order chi connectivity index (χ0) is 33.0. The van der Waals surface area contributed by atoms with Gasteiger partial charge in [0.1, 0.15) is 35.4 Å². The number of nitriles is 8. The van der Waals surface area contributed by atoms with Crippen molar-refractivity contribution in [3.05, 3.63) is 80.2 Å². The summed E-state index contributed by atoms with van der Waals surface area (Å²) in [4.78, 5) is 0. The molecule has 0 saturated carbocycles. The first-order valence-electron chi connectivity index (χ1n) is 11.4. The summed E-state index contributed by atoms with van der Waals surface area (Å²) in [6.45, 7) is 0. The van der Waals surface area contributed by atoms with Crippen molar-refractivity contribution in [2.75, 3.05) is 0 Å². The molecule has 0 saturated heterocycles. The molecule has 0 atom stereocenters. The van der Waals surface area contributed by atoms with Crippen molar-refractivity contribution in [1.29, 1.82) is 42.1 Å². The van der Waals surface area contributed by atoms with Crippen LogP contribution in [0.2, 0.25) is 0 Å². The Hall–Kier alpha value is -7.10. The number of rotatable bonds is 2. The summed E-state index contributed by atoms with van der Waals surface area (Å²) >= 11 is 0. The molecular weight excluding hydrogens is 586 g/mol. The standard InChI is InChI=1S/C30H6F6N8/c31-29(32,33)27-23(19-3-15(7-37)1-16(4-19)8-38)25(21(11-41)12-42)28(30(34,35)36)24(26(27)22(13-43)14-44)20-5-17(9-39)2-18(6-20)10-40/h1-6H.